The maximum atomic E-state index is 12.6. The molecule has 2 aromatic rings. The van der Waals surface area contributed by atoms with E-state index < -0.39 is 0 Å². The molecule has 1 aromatic carbocycles. The molecule has 138 valence electrons. The summed E-state index contributed by atoms with van der Waals surface area (Å²) in [5, 5.41) is 3.38. The van der Waals surface area contributed by atoms with Crippen molar-refractivity contribution in [1.82, 2.24) is 14.8 Å². The van der Waals surface area contributed by atoms with Crippen LogP contribution in [0.1, 0.15) is 16.1 Å². The van der Waals surface area contributed by atoms with Gasteiger partial charge in [-0.15, -0.1) is 0 Å². The van der Waals surface area contributed by atoms with Crippen molar-refractivity contribution in [3.05, 3.63) is 59.9 Å². The monoisotopic (exact) mass is 354 g/mol. The molecule has 0 aliphatic carbocycles. The number of carbonyl (C=O) groups excluding carboxylic acids is 1. The maximum absolute atomic E-state index is 12.6. The third-order valence-electron chi connectivity index (χ3n) is 4.45. The molecule has 1 aliphatic rings. The van der Waals surface area contributed by atoms with Gasteiger partial charge in [0.25, 0.3) is 5.91 Å². The highest BCUT2D eigenvalue weighted by Gasteiger charge is 2.14. The van der Waals surface area contributed by atoms with Crippen molar-refractivity contribution in [1.29, 1.82) is 0 Å². The Balaban J connectivity index is 1.53. The number of anilines is 1. The van der Waals surface area contributed by atoms with Crippen LogP contribution in [0.25, 0.3) is 0 Å². The van der Waals surface area contributed by atoms with Crippen LogP contribution in [0.3, 0.4) is 0 Å². The second-order valence-corrected chi connectivity index (χ2v) is 6.46. The van der Waals surface area contributed by atoms with E-state index in [1.54, 1.807) is 18.1 Å². The lowest BCUT2D eigenvalue weighted by Crippen LogP contribution is -2.39. The smallest absolute Gasteiger partial charge is 0.272 e. The summed E-state index contributed by atoms with van der Waals surface area (Å²) in [6.07, 6.45) is 1.68. The zero-order valence-electron chi connectivity index (χ0n) is 15.2. The summed E-state index contributed by atoms with van der Waals surface area (Å²) in [5.41, 5.74) is 2.48. The summed E-state index contributed by atoms with van der Waals surface area (Å²) in [5.74, 6) is -0.0781. The van der Waals surface area contributed by atoms with Gasteiger partial charge in [-0.25, -0.2) is 0 Å². The molecule has 0 saturated carbocycles. The van der Waals surface area contributed by atoms with Gasteiger partial charge in [-0.2, -0.15) is 0 Å². The lowest BCUT2D eigenvalue weighted by Gasteiger charge is -2.26. The highest BCUT2D eigenvalue weighted by atomic mass is 16.5. The summed E-state index contributed by atoms with van der Waals surface area (Å²) >= 11 is 0. The van der Waals surface area contributed by atoms with Crippen LogP contribution in [0.5, 0.6) is 0 Å². The van der Waals surface area contributed by atoms with Gasteiger partial charge in [0, 0.05) is 51.7 Å². The van der Waals surface area contributed by atoms with Crippen LogP contribution in [0.2, 0.25) is 0 Å². The largest absolute Gasteiger partial charge is 0.384 e. The maximum Gasteiger partial charge on any atom is 0.272 e. The quantitative estimate of drug-likeness (QED) is 0.825. The fourth-order valence-electron chi connectivity index (χ4n) is 2.97. The van der Waals surface area contributed by atoms with Crippen molar-refractivity contribution in [2.75, 3.05) is 51.8 Å². The van der Waals surface area contributed by atoms with E-state index in [4.69, 9.17) is 4.74 Å². The molecule has 0 spiro atoms. The van der Waals surface area contributed by atoms with Crippen molar-refractivity contribution >= 4 is 11.6 Å². The zero-order valence-corrected chi connectivity index (χ0v) is 15.2. The second kappa shape index (κ2) is 9.31. The topological polar surface area (TPSA) is 57.7 Å². The van der Waals surface area contributed by atoms with E-state index in [2.05, 4.69) is 15.2 Å². The van der Waals surface area contributed by atoms with Crippen molar-refractivity contribution in [3.8, 4) is 0 Å². The van der Waals surface area contributed by atoms with Gasteiger partial charge in [0.2, 0.25) is 0 Å². The molecule has 6 nitrogen and oxygen atoms in total. The fraction of sp³-hybridized carbons (Fsp3) is 0.400. The van der Waals surface area contributed by atoms with E-state index in [0.29, 0.717) is 12.2 Å². The number of nitrogens with one attached hydrogen (secondary N) is 1. The Morgan fingerprint density at radius 1 is 1.23 bits per heavy atom. The van der Waals surface area contributed by atoms with Gasteiger partial charge < -0.3 is 15.0 Å². The Bertz CT molecular complexity index is 702. The Labute approximate surface area is 154 Å². The molecule has 0 atom stereocenters. The number of aromatic nitrogens is 1. The van der Waals surface area contributed by atoms with Crippen LogP contribution in [0.4, 0.5) is 5.69 Å². The van der Waals surface area contributed by atoms with Crippen LogP contribution in [0, 0.1) is 0 Å². The van der Waals surface area contributed by atoms with Crippen LogP contribution in [-0.4, -0.2) is 67.1 Å². The van der Waals surface area contributed by atoms with Gasteiger partial charge in [-0.1, -0.05) is 30.3 Å². The first-order chi connectivity index (χ1) is 12.7. The van der Waals surface area contributed by atoms with Gasteiger partial charge in [-0.05, 0) is 17.7 Å². The Hall–Kier alpha value is -2.44. The second-order valence-electron chi connectivity index (χ2n) is 6.46. The Morgan fingerprint density at radius 2 is 2.00 bits per heavy atom. The normalized spacial score (nSPS) is 14.8. The predicted octanol–water partition coefficient (Wildman–Crippen LogP) is 2.10. The molecule has 1 saturated heterocycles. The lowest BCUT2D eigenvalue weighted by molar-refractivity contribution is 0.0398. The summed E-state index contributed by atoms with van der Waals surface area (Å²) in [6, 6.07) is 13.7. The number of benzene rings is 1. The molecular weight excluding hydrogens is 328 g/mol. The number of carbonyl (C=O) groups is 1. The third kappa shape index (κ3) is 5.28. The molecule has 1 amide bonds. The lowest BCUT2D eigenvalue weighted by atomic mass is 10.2. The first kappa shape index (κ1) is 18.4. The summed E-state index contributed by atoms with van der Waals surface area (Å²) in [7, 11) is 1.80. The highest BCUT2D eigenvalue weighted by molar-refractivity contribution is 5.92. The van der Waals surface area contributed by atoms with Gasteiger partial charge in [0.15, 0.2) is 0 Å². The van der Waals surface area contributed by atoms with E-state index in [-0.39, 0.29) is 5.91 Å². The molecule has 1 aromatic heterocycles. The average Bonchev–Trinajstić information content (AvgIpc) is 2.69. The van der Waals surface area contributed by atoms with E-state index in [1.165, 1.54) is 0 Å². The van der Waals surface area contributed by atoms with E-state index in [0.717, 1.165) is 50.6 Å². The number of pyridine rings is 1. The van der Waals surface area contributed by atoms with Crippen LogP contribution in [-0.2, 0) is 11.3 Å². The third-order valence-corrected chi connectivity index (χ3v) is 4.45. The molecule has 0 bridgehead atoms. The standard InChI is InChI=1S/C20H26N4O2/c1-23(16-17-5-3-2-4-6-17)20(25)19-15-18(7-8-22-19)21-9-10-24-11-13-26-14-12-24/h2-8,15H,9-14,16H2,1H3,(H,21,22). The zero-order chi connectivity index (χ0) is 18.2. The number of rotatable bonds is 7. The van der Waals surface area contributed by atoms with E-state index in [9.17, 15) is 4.79 Å². The van der Waals surface area contributed by atoms with Gasteiger partial charge in [0.05, 0.1) is 13.2 Å². The number of nitrogens with zero attached hydrogens (tertiary/aromatic N) is 3. The molecule has 6 heteroatoms. The number of morpholine rings is 1. The Morgan fingerprint density at radius 3 is 2.77 bits per heavy atom. The Kier molecular flexibility index (Phi) is 6.57. The number of hydrogen-bond donors (Lipinski definition) is 1. The summed E-state index contributed by atoms with van der Waals surface area (Å²) in [6.45, 7) is 5.93. The van der Waals surface area contributed by atoms with Gasteiger partial charge in [-0.3, -0.25) is 14.7 Å². The molecule has 3 rings (SSSR count). The number of ether oxygens (including phenoxy) is 1. The minimum absolute atomic E-state index is 0.0781. The fourth-order valence-corrected chi connectivity index (χ4v) is 2.97. The van der Waals surface area contributed by atoms with Gasteiger partial charge >= 0.3 is 0 Å². The predicted molar refractivity (Wildman–Crippen MR) is 102 cm³/mol. The first-order valence-electron chi connectivity index (χ1n) is 9.02. The molecule has 1 fully saturated rings. The summed E-state index contributed by atoms with van der Waals surface area (Å²) < 4.78 is 5.36. The minimum Gasteiger partial charge on any atom is -0.384 e. The molecular formula is C20H26N4O2. The molecule has 0 unspecified atom stereocenters. The van der Waals surface area contributed by atoms with Gasteiger partial charge in [0.1, 0.15) is 5.69 Å². The molecule has 1 N–H and O–H groups in total. The van der Waals surface area contributed by atoms with Crippen molar-refractivity contribution in [2.45, 2.75) is 6.54 Å². The average molecular weight is 354 g/mol. The molecule has 1 aliphatic heterocycles. The highest BCUT2D eigenvalue weighted by Crippen LogP contribution is 2.11. The molecule has 2 heterocycles. The number of amides is 1. The summed E-state index contributed by atoms with van der Waals surface area (Å²) in [4.78, 5) is 20.9. The molecule has 0 radical (unpaired) electrons. The molecule has 26 heavy (non-hydrogen) atoms. The van der Waals surface area contributed by atoms with Crippen molar-refractivity contribution < 1.29 is 9.53 Å². The van der Waals surface area contributed by atoms with E-state index in [1.807, 2.05) is 42.5 Å². The van der Waals surface area contributed by atoms with Crippen molar-refractivity contribution in [3.63, 3.8) is 0 Å². The first-order valence-corrected chi connectivity index (χ1v) is 9.02. The van der Waals surface area contributed by atoms with Crippen LogP contribution >= 0.6 is 0 Å². The van der Waals surface area contributed by atoms with Crippen LogP contribution in [0.15, 0.2) is 48.7 Å². The van der Waals surface area contributed by atoms with E-state index >= 15 is 0 Å². The van der Waals surface area contributed by atoms with Crippen LogP contribution < -0.4 is 5.32 Å². The minimum atomic E-state index is -0.0781. The van der Waals surface area contributed by atoms with Crippen molar-refractivity contribution in [2.24, 2.45) is 0 Å². The SMILES string of the molecule is CN(Cc1ccccc1)C(=O)c1cc(NCCN2CCOCC2)ccn1. The number of hydrogen-bond acceptors (Lipinski definition) is 5.